The van der Waals surface area contributed by atoms with Crippen molar-refractivity contribution in [1.29, 1.82) is 0 Å². The van der Waals surface area contributed by atoms with Gasteiger partial charge in [-0.2, -0.15) is 0 Å². The van der Waals surface area contributed by atoms with E-state index in [1.165, 1.54) is 50.1 Å². The second-order valence-electron chi connectivity index (χ2n) is 25.7. The minimum Gasteiger partial charge on any atom is -0.467 e. The molecule has 10 nitrogen and oxygen atoms in total. The molecule has 109 heavy (non-hydrogen) atoms. The molecule has 13 heteroatoms. The highest BCUT2D eigenvalue weighted by molar-refractivity contribution is 8.01. The number of hydrogen-bond donors (Lipinski definition) is 6. The predicted octanol–water partition coefficient (Wildman–Crippen LogP) is 21.8. The Balaban J connectivity index is 0.000000143. The van der Waals surface area contributed by atoms with E-state index in [4.69, 9.17) is 27.7 Å². The lowest BCUT2D eigenvalue weighted by atomic mass is 9.84. The fourth-order valence-electron chi connectivity index (χ4n) is 13.9. The van der Waals surface area contributed by atoms with Gasteiger partial charge in [0.15, 0.2) is 0 Å². The molecule has 0 bridgehead atoms. The van der Waals surface area contributed by atoms with Gasteiger partial charge in [-0.15, -0.1) is 35.3 Å². The van der Waals surface area contributed by atoms with E-state index in [0.717, 1.165) is 55.1 Å². The first-order valence-electron chi connectivity index (χ1n) is 36.2. The molecule has 15 rings (SSSR count). The van der Waals surface area contributed by atoms with E-state index in [9.17, 15) is 14.4 Å². The third-order valence-corrected chi connectivity index (χ3v) is 23.6. The molecule has 0 aliphatic rings. The molecule has 0 radical (unpaired) electrons. The summed E-state index contributed by atoms with van der Waals surface area (Å²) in [6, 6.07) is 129. The topological polar surface area (TPSA) is 189 Å². The summed E-state index contributed by atoms with van der Waals surface area (Å²) in [4.78, 5) is 36.7. The second-order valence-corrected chi connectivity index (χ2v) is 29.7. The summed E-state index contributed by atoms with van der Waals surface area (Å²) in [5, 5.41) is 12.1. The van der Waals surface area contributed by atoms with Crippen LogP contribution < -0.4 is 33.6 Å². The highest BCUT2D eigenvalue weighted by Crippen LogP contribution is 2.52. The SMILES string of the molecule is Nc1cccc2c(N)cccc12.Nc1cccc2c(NC(=O)CCSC(c3ccccc3)(c3ccccc3)c3ccccc3)cccc12.Nc1cccc2c(NC(=O)CCSC(c3ccccc3)(c3ccccc3)c3ccccc3)cccc12.O=COCCSC(c1ccccc1)(c1ccccc1)c1ccccc1. The Hall–Kier alpha value is -12.3. The van der Waals surface area contributed by atoms with Crippen LogP contribution in [0.15, 0.2) is 382 Å². The molecule has 0 saturated heterocycles. The number of nitrogen functional groups attached to an aromatic ring is 4. The number of nitrogens with two attached hydrogens (primary N) is 4. The lowest BCUT2D eigenvalue weighted by molar-refractivity contribution is -0.128. The number of nitrogens with one attached hydrogen (secondary N) is 2. The number of ether oxygens (including phenoxy) is 1. The van der Waals surface area contributed by atoms with Crippen LogP contribution in [-0.4, -0.2) is 42.2 Å². The molecule has 0 heterocycles. The molecular formula is C96H86N6O4S3. The van der Waals surface area contributed by atoms with Crippen molar-refractivity contribution in [2.24, 2.45) is 0 Å². The Morgan fingerprint density at radius 1 is 0.266 bits per heavy atom. The van der Waals surface area contributed by atoms with E-state index in [2.05, 4.69) is 229 Å². The minimum atomic E-state index is -0.433. The lowest BCUT2D eigenvalue weighted by Crippen LogP contribution is -2.26. The van der Waals surface area contributed by atoms with Gasteiger partial charge in [-0.25, -0.2) is 0 Å². The molecule has 0 aromatic heterocycles. The average molecular weight is 1480 g/mol. The van der Waals surface area contributed by atoms with Gasteiger partial charge in [-0.05, 0) is 86.5 Å². The van der Waals surface area contributed by atoms with Gasteiger partial charge < -0.3 is 38.3 Å². The van der Waals surface area contributed by atoms with Crippen molar-refractivity contribution in [3.8, 4) is 0 Å². The van der Waals surface area contributed by atoms with Gasteiger partial charge in [0.25, 0.3) is 6.47 Å². The maximum Gasteiger partial charge on any atom is 0.293 e. The Morgan fingerprint density at radius 3 is 0.697 bits per heavy atom. The molecule has 542 valence electrons. The first kappa shape index (κ1) is 76.4. The average Bonchev–Trinajstić information content (AvgIpc) is 0.765. The van der Waals surface area contributed by atoms with E-state index in [-0.39, 0.29) is 16.6 Å². The highest BCUT2D eigenvalue weighted by atomic mass is 32.2. The maximum atomic E-state index is 13.1. The summed E-state index contributed by atoms with van der Waals surface area (Å²) in [6.07, 6.45) is 0.773. The van der Waals surface area contributed by atoms with Crippen molar-refractivity contribution >= 4 is 120 Å². The molecule has 10 N–H and O–H groups in total. The smallest absolute Gasteiger partial charge is 0.293 e. The third-order valence-electron chi connectivity index (χ3n) is 19.0. The Labute approximate surface area is 651 Å². The van der Waals surface area contributed by atoms with Crippen LogP contribution >= 0.6 is 35.3 Å². The molecule has 0 saturated carbocycles. The first-order valence-corrected chi connectivity index (χ1v) is 39.1. The maximum absolute atomic E-state index is 13.1. The van der Waals surface area contributed by atoms with E-state index in [1.54, 1.807) is 35.3 Å². The third kappa shape index (κ3) is 18.2. The van der Waals surface area contributed by atoms with Crippen LogP contribution in [0.5, 0.6) is 0 Å². The van der Waals surface area contributed by atoms with Gasteiger partial charge in [0.05, 0.1) is 14.2 Å². The summed E-state index contributed by atoms with van der Waals surface area (Å²) in [7, 11) is 0. The Morgan fingerprint density at radius 2 is 0.468 bits per heavy atom. The van der Waals surface area contributed by atoms with Crippen LogP contribution in [0.1, 0.15) is 62.9 Å². The van der Waals surface area contributed by atoms with Crippen LogP contribution in [0.3, 0.4) is 0 Å². The second kappa shape index (κ2) is 37.8. The normalized spacial score (nSPS) is 11.2. The van der Waals surface area contributed by atoms with Crippen molar-refractivity contribution in [2.45, 2.75) is 27.1 Å². The van der Waals surface area contributed by atoms with Crippen LogP contribution in [0, 0.1) is 0 Å². The van der Waals surface area contributed by atoms with Gasteiger partial charge in [-0.3, -0.25) is 14.4 Å². The number of anilines is 6. The number of fused-ring (bicyclic) bond motifs is 3. The molecule has 15 aromatic rings. The molecule has 0 fully saturated rings. The van der Waals surface area contributed by atoms with Crippen molar-refractivity contribution in [3.05, 3.63) is 432 Å². The lowest BCUT2D eigenvalue weighted by Gasteiger charge is -2.35. The minimum absolute atomic E-state index is 0.0134. The van der Waals surface area contributed by atoms with Gasteiger partial charge >= 0.3 is 0 Å². The number of carbonyl (C=O) groups excluding carboxylic acids is 3. The van der Waals surface area contributed by atoms with Crippen LogP contribution in [-0.2, 0) is 33.4 Å². The molecule has 0 aliphatic heterocycles. The number of benzene rings is 15. The molecule has 0 spiro atoms. The van der Waals surface area contributed by atoms with Crippen molar-refractivity contribution in [1.82, 2.24) is 0 Å². The molecular weight excluding hydrogens is 1400 g/mol. The number of rotatable bonds is 24. The van der Waals surface area contributed by atoms with Gasteiger partial charge in [0, 0.05) is 96.5 Å². The number of carbonyl (C=O) groups is 3. The molecule has 15 aromatic carbocycles. The standard InChI is InChI=1S/2C32H28N2OS.C22H20O2S.C10H10N2/c2*33-29-20-10-19-28-27(29)18-11-21-30(28)34-31(35)22-23-36-32(24-12-4-1-5-13-24,25-14-6-2-7-15-25)26-16-8-3-9-17-26;23-18-24-16-17-25-22(19-10-4-1-5-11-19,20-12-6-2-7-13-20)21-14-8-3-9-15-21;11-9-5-1-3-7-8(9)4-2-6-10(7)12/h2*1-21H,22-23,33H2,(H,34,35);1-15,18H,16-17H2;1-6H,11-12H2. The van der Waals surface area contributed by atoms with Crippen LogP contribution in [0.4, 0.5) is 34.1 Å². The van der Waals surface area contributed by atoms with Gasteiger partial charge in [0.1, 0.15) is 6.61 Å². The monoisotopic (exact) mass is 1480 g/mol. The summed E-state index contributed by atoms with van der Waals surface area (Å²) in [5.41, 5.74) is 39.1. The quantitative estimate of drug-likeness (QED) is 0.0146. The van der Waals surface area contributed by atoms with Crippen LogP contribution in [0.2, 0.25) is 0 Å². The van der Waals surface area contributed by atoms with Gasteiger partial charge in [-0.1, -0.05) is 346 Å². The Kier molecular flexibility index (Phi) is 26.5. The number of hydrogen-bond acceptors (Lipinski definition) is 11. The molecule has 0 aliphatic carbocycles. The van der Waals surface area contributed by atoms with E-state index >= 15 is 0 Å². The van der Waals surface area contributed by atoms with Crippen LogP contribution in [0.25, 0.3) is 32.3 Å². The zero-order valence-electron chi connectivity index (χ0n) is 60.4. The Bertz CT molecular complexity index is 4830. The first-order chi connectivity index (χ1) is 53.5. The van der Waals surface area contributed by atoms with E-state index in [0.29, 0.717) is 54.6 Å². The summed E-state index contributed by atoms with van der Waals surface area (Å²) in [5.74, 6) is 1.98. The summed E-state index contributed by atoms with van der Waals surface area (Å²) >= 11 is 5.37. The largest absolute Gasteiger partial charge is 0.467 e. The highest BCUT2D eigenvalue weighted by Gasteiger charge is 2.39. The fourth-order valence-corrected chi connectivity index (χ4v) is 18.3. The molecule has 0 atom stereocenters. The zero-order chi connectivity index (χ0) is 75.5. The number of thioether (sulfide) groups is 3. The van der Waals surface area contributed by atoms with Crippen molar-refractivity contribution < 1.29 is 19.1 Å². The zero-order valence-corrected chi connectivity index (χ0v) is 62.8. The van der Waals surface area contributed by atoms with E-state index < -0.39 is 9.49 Å². The van der Waals surface area contributed by atoms with E-state index in [1.807, 2.05) is 164 Å². The van der Waals surface area contributed by atoms with Crippen molar-refractivity contribution in [3.63, 3.8) is 0 Å². The van der Waals surface area contributed by atoms with Gasteiger partial charge in [0.2, 0.25) is 11.8 Å². The molecule has 2 amide bonds. The summed E-state index contributed by atoms with van der Waals surface area (Å²) in [6.45, 7) is 0.901. The predicted molar refractivity (Wildman–Crippen MR) is 463 cm³/mol. The van der Waals surface area contributed by atoms with Crippen molar-refractivity contribution in [2.75, 3.05) is 57.4 Å². The fraction of sp³-hybridized carbons (Fsp3) is 0.0938. The summed E-state index contributed by atoms with van der Waals surface area (Å²) < 4.78 is 3.72. The number of amides is 2. The molecule has 0 unspecified atom stereocenters.